The molecule has 0 aromatic heterocycles. The number of amides is 1. The molecule has 1 aliphatic heterocycles. The standard InChI is InChI=1S/C17H17NO/c19-16-12-15(11-13-7-3-1-4-8-13)17(18-16)14-9-5-2-6-10-14/h1-10,15,17H,11-12H2,(H,18,19)/t15-,17+/m0/s1. The van der Waals surface area contributed by atoms with E-state index in [4.69, 9.17) is 0 Å². The molecule has 2 aromatic rings. The molecule has 1 saturated heterocycles. The number of rotatable bonds is 3. The van der Waals surface area contributed by atoms with Crippen molar-refractivity contribution in [3.05, 3.63) is 71.8 Å². The Morgan fingerprint density at radius 3 is 2.26 bits per heavy atom. The van der Waals surface area contributed by atoms with Crippen LogP contribution in [-0.2, 0) is 11.2 Å². The molecule has 1 heterocycles. The van der Waals surface area contributed by atoms with Crippen molar-refractivity contribution in [3.63, 3.8) is 0 Å². The Labute approximate surface area is 113 Å². The van der Waals surface area contributed by atoms with E-state index in [-0.39, 0.29) is 11.9 Å². The molecule has 1 aliphatic rings. The minimum atomic E-state index is 0.147. The van der Waals surface area contributed by atoms with Crippen molar-refractivity contribution in [2.45, 2.75) is 18.9 Å². The second-order valence-electron chi connectivity index (χ2n) is 5.11. The van der Waals surface area contributed by atoms with Crippen LogP contribution in [0.5, 0.6) is 0 Å². The van der Waals surface area contributed by atoms with Crippen molar-refractivity contribution in [1.29, 1.82) is 0 Å². The van der Waals surface area contributed by atoms with Crippen LogP contribution in [0.25, 0.3) is 0 Å². The maximum absolute atomic E-state index is 11.7. The number of carbonyl (C=O) groups is 1. The van der Waals surface area contributed by atoms with E-state index in [0.717, 1.165) is 6.42 Å². The van der Waals surface area contributed by atoms with Gasteiger partial charge in [0.1, 0.15) is 0 Å². The fourth-order valence-electron chi connectivity index (χ4n) is 2.83. The lowest BCUT2D eigenvalue weighted by Crippen LogP contribution is -2.21. The highest BCUT2D eigenvalue weighted by molar-refractivity contribution is 5.79. The average molecular weight is 251 g/mol. The van der Waals surface area contributed by atoms with Crippen LogP contribution < -0.4 is 5.32 Å². The molecule has 3 rings (SSSR count). The molecule has 2 aromatic carbocycles. The quantitative estimate of drug-likeness (QED) is 0.892. The molecule has 1 N–H and O–H groups in total. The van der Waals surface area contributed by atoms with Gasteiger partial charge in [0.05, 0.1) is 6.04 Å². The van der Waals surface area contributed by atoms with Crippen LogP contribution in [0.3, 0.4) is 0 Å². The highest BCUT2D eigenvalue weighted by Gasteiger charge is 2.33. The molecule has 0 saturated carbocycles. The van der Waals surface area contributed by atoms with Gasteiger partial charge in [0, 0.05) is 6.42 Å². The van der Waals surface area contributed by atoms with Crippen molar-refractivity contribution >= 4 is 5.91 Å². The number of carbonyl (C=O) groups excluding carboxylic acids is 1. The zero-order chi connectivity index (χ0) is 13.1. The minimum Gasteiger partial charge on any atom is -0.349 e. The van der Waals surface area contributed by atoms with E-state index in [1.807, 2.05) is 24.3 Å². The van der Waals surface area contributed by atoms with E-state index in [1.54, 1.807) is 0 Å². The van der Waals surface area contributed by atoms with E-state index >= 15 is 0 Å². The second-order valence-corrected chi connectivity index (χ2v) is 5.11. The molecule has 1 amide bonds. The largest absolute Gasteiger partial charge is 0.349 e. The van der Waals surface area contributed by atoms with E-state index in [0.29, 0.717) is 12.3 Å². The summed E-state index contributed by atoms with van der Waals surface area (Å²) in [6.07, 6.45) is 1.56. The molecule has 0 unspecified atom stereocenters. The van der Waals surface area contributed by atoms with Gasteiger partial charge in [0.2, 0.25) is 5.91 Å². The van der Waals surface area contributed by atoms with Crippen LogP contribution in [0.2, 0.25) is 0 Å². The van der Waals surface area contributed by atoms with Gasteiger partial charge >= 0.3 is 0 Å². The van der Waals surface area contributed by atoms with Crippen LogP contribution in [-0.4, -0.2) is 5.91 Å². The SMILES string of the molecule is O=C1C[C@H](Cc2ccccc2)[C@@H](c2ccccc2)N1. The fraction of sp³-hybridized carbons (Fsp3) is 0.235. The zero-order valence-electron chi connectivity index (χ0n) is 10.8. The Morgan fingerprint density at radius 2 is 1.58 bits per heavy atom. The minimum absolute atomic E-state index is 0.147. The highest BCUT2D eigenvalue weighted by Crippen LogP contribution is 2.32. The lowest BCUT2D eigenvalue weighted by Gasteiger charge is -2.19. The first-order chi connectivity index (χ1) is 9.33. The van der Waals surface area contributed by atoms with Gasteiger partial charge in [-0.15, -0.1) is 0 Å². The summed E-state index contributed by atoms with van der Waals surface area (Å²) in [5.41, 5.74) is 2.50. The molecular formula is C17H17NO. The Bertz CT molecular complexity index is 550. The number of nitrogens with one attached hydrogen (secondary N) is 1. The number of hydrogen-bond donors (Lipinski definition) is 1. The van der Waals surface area contributed by atoms with E-state index in [1.165, 1.54) is 11.1 Å². The van der Waals surface area contributed by atoms with Crippen LogP contribution in [0, 0.1) is 5.92 Å². The first-order valence-electron chi connectivity index (χ1n) is 6.71. The van der Waals surface area contributed by atoms with E-state index in [2.05, 4.69) is 41.7 Å². The molecule has 1 fully saturated rings. The lowest BCUT2D eigenvalue weighted by molar-refractivity contribution is -0.119. The van der Waals surface area contributed by atoms with Crippen molar-refractivity contribution in [1.82, 2.24) is 5.32 Å². The summed E-state index contributed by atoms with van der Waals surface area (Å²) in [4.78, 5) is 11.7. The number of hydrogen-bond acceptors (Lipinski definition) is 1. The van der Waals surface area contributed by atoms with Crippen LogP contribution in [0.15, 0.2) is 60.7 Å². The summed E-state index contributed by atoms with van der Waals surface area (Å²) >= 11 is 0. The second kappa shape index (κ2) is 5.27. The predicted molar refractivity (Wildman–Crippen MR) is 75.6 cm³/mol. The van der Waals surface area contributed by atoms with Gasteiger partial charge in [-0.05, 0) is 23.5 Å². The Morgan fingerprint density at radius 1 is 0.947 bits per heavy atom. The summed E-state index contributed by atoms with van der Waals surface area (Å²) in [6.45, 7) is 0. The maximum Gasteiger partial charge on any atom is 0.220 e. The van der Waals surface area contributed by atoms with Gasteiger partial charge < -0.3 is 5.32 Å². The maximum atomic E-state index is 11.7. The van der Waals surface area contributed by atoms with E-state index in [9.17, 15) is 4.79 Å². The monoisotopic (exact) mass is 251 g/mol. The molecule has 19 heavy (non-hydrogen) atoms. The first kappa shape index (κ1) is 12.0. The summed E-state index contributed by atoms with van der Waals surface area (Å²) in [7, 11) is 0. The van der Waals surface area contributed by atoms with Gasteiger partial charge in [0.15, 0.2) is 0 Å². The van der Waals surface area contributed by atoms with E-state index < -0.39 is 0 Å². The molecule has 2 heteroatoms. The molecule has 96 valence electrons. The Hall–Kier alpha value is -2.09. The normalized spacial score (nSPS) is 22.2. The smallest absolute Gasteiger partial charge is 0.220 e. The molecule has 0 aliphatic carbocycles. The van der Waals surface area contributed by atoms with Gasteiger partial charge in [-0.3, -0.25) is 4.79 Å². The molecule has 0 bridgehead atoms. The van der Waals surface area contributed by atoms with Crippen molar-refractivity contribution in [2.75, 3.05) is 0 Å². The van der Waals surface area contributed by atoms with Gasteiger partial charge in [-0.1, -0.05) is 60.7 Å². The van der Waals surface area contributed by atoms with Crippen LogP contribution in [0.4, 0.5) is 0 Å². The Kier molecular flexibility index (Phi) is 3.32. The molecule has 2 nitrogen and oxygen atoms in total. The zero-order valence-corrected chi connectivity index (χ0v) is 10.8. The lowest BCUT2D eigenvalue weighted by atomic mass is 9.88. The molecular weight excluding hydrogens is 234 g/mol. The van der Waals surface area contributed by atoms with Crippen molar-refractivity contribution < 1.29 is 4.79 Å². The molecule has 2 atom stereocenters. The summed E-state index contributed by atoms with van der Waals surface area (Å²) < 4.78 is 0. The molecule has 0 spiro atoms. The van der Waals surface area contributed by atoms with Crippen molar-refractivity contribution in [3.8, 4) is 0 Å². The van der Waals surface area contributed by atoms with Crippen molar-refractivity contribution in [2.24, 2.45) is 5.92 Å². The van der Waals surface area contributed by atoms with Crippen LogP contribution >= 0.6 is 0 Å². The summed E-state index contributed by atoms with van der Waals surface area (Å²) in [5, 5.41) is 3.10. The van der Waals surface area contributed by atoms with Gasteiger partial charge in [-0.25, -0.2) is 0 Å². The predicted octanol–water partition coefficient (Wildman–Crippen LogP) is 3.11. The van der Waals surface area contributed by atoms with Gasteiger partial charge in [-0.2, -0.15) is 0 Å². The van der Waals surface area contributed by atoms with Gasteiger partial charge in [0.25, 0.3) is 0 Å². The average Bonchev–Trinajstić information content (AvgIpc) is 2.82. The summed E-state index contributed by atoms with van der Waals surface area (Å²) in [6, 6.07) is 20.8. The third-order valence-corrected chi connectivity index (χ3v) is 3.73. The summed E-state index contributed by atoms with van der Waals surface area (Å²) in [5.74, 6) is 0.507. The first-order valence-corrected chi connectivity index (χ1v) is 6.71. The topological polar surface area (TPSA) is 29.1 Å². The fourth-order valence-corrected chi connectivity index (χ4v) is 2.83. The highest BCUT2D eigenvalue weighted by atomic mass is 16.2. The number of benzene rings is 2. The third kappa shape index (κ3) is 2.68. The van der Waals surface area contributed by atoms with Crippen LogP contribution in [0.1, 0.15) is 23.6 Å². The Balaban J connectivity index is 1.81. The molecule has 0 radical (unpaired) electrons. The third-order valence-electron chi connectivity index (χ3n) is 3.73.